The van der Waals surface area contributed by atoms with Gasteiger partial charge in [0.2, 0.25) is 5.91 Å². The fraction of sp³-hybridized carbons (Fsp3) is 0.273. The van der Waals surface area contributed by atoms with Crippen LogP contribution in [-0.4, -0.2) is 38.9 Å². The maximum Gasteiger partial charge on any atom is 0.269 e. The average molecular weight is 279 g/mol. The molecule has 0 radical (unpaired) electrons. The number of hydrogen-bond donors (Lipinski definition) is 2. The molecular formula is C11H13N5O2S. The van der Waals surface area contributed by atoms with Gasteiger partial charge in [0.15, 0.2) is 0 Å². The average Bonchev–Trinajstić information content (AvgIpc) is 2.92. The largest absolute Gasteiger partial charge is 0.497 e. The zero-order valence-corrected chi connectivity index (χ0v) is 11.3. The van der Waals surface area contributed by atoms with Crippen LogP contribution in [-0.2, 0) is 4.79 Å². The minimum atomic E-state index is -0.271. The van der Waals surface area contributed by atoms with E-state index in [0.29, 0.717) is 0 Å². The first-order valence-corrected chi connectivity index (χ1v) is 6.42. The lowest BCUT2D eigenvalue weighted by Gasteiger charge is -2.10. The Morgan fingerprint density at radius 2 is 2.16 bits per heavy atom. The third-order valence-corrected chi connectivity index (χ3v) is 3.43. The monoisotopic (exact) mass is 279 g/mol. The van der Waals surface area contributed by atoms with Crippen molar-refractivity contribution in [3.63, 3.8) is 0 Å². The molecule has 2 N–H and O–H groups in total. The third kappa shape index (κ3) is 3.68. The SMILES string of the molecule is COc1ccc(S[C@@H](C)C(=O)Nc2nn[nH]n2)cc1. The van der Waals surface area contributed by atoms with Crippen LogP contribution in [0.3, 0.4) is 0 Å². The molecule has 100 valence electrons. The van der Waals surface area contributed by atoms with E-state index in [4.69, 9.17) is 4.74 Å². The van der Waals surface area contributed by atoms with Crippen LogP contribution < -0.4 is 10.1 Å². The van der Waals surface area contributed by atoms with Gasteiger partial charge in [-0.15, -0.1) is 16.9 Å². The molecule has 2 aromatic rings. The van der Waals surface area contributed by atoms with Gasteiger partial charge in [0, 0.05) is 4.90 Å². The number of nitrogens with zero attached hydrogens (tertiary/aromatic N) is 3. The van der Waals surface area contributed by atoms with E-state index in [9.17, 15) is 4.79 Å². The fourth-order valence-electron chi connectivity index (χ4n) is 1.34. The maximum atomic E-state index is 11.9. The molecule has 2 rings (SSSR count). The van der Waals surface area contributed by atoms with Gasteiger partial charge in [-0.3, -0.25) is 10.1 Å². The van der Waals surface area contributed by atoms with E-state index in [1.807, 2.05) is 31.2 Å². The van der Waals surface area contributed by atoms with Gasteiger partial charge >= 0.3 is 0 Å². The normalized spacial score (nSPS) is 11.9. The van der Waals surface area contributed by atoms with Crippen LogP contribution in [0.15, 0.2) is 29.2 Å². The predicted octanol–water partition coefficient (Wildman–Crippen LogP) is 1.33. The number of rotatable bonds is 5. The first-order chi connectivity index (χ1) is 9.19. The van der Waals surface area contributed by atoms with Crippen LogP contribution >= 0.6 is 11.8 Å². The molecule has 19 heavy (non-hydrogen) atoms. The van der Waals surface area contributed by atoms with Gasteiger partial charge in [-0.2, -0.15) is 5.21 Å². The number of anilines is 1. The number of methoxy groups -OCH3 is 1. The molecular weight excluding hydrogens is 266 g/mol. The molecule has 1 heterocycles. The Bertz CT molecular complexity index is 529. The summed E-state index contributed by atoms with van der Waals surface area (Å²) in [5.74, 6) is 0.780. The molecule has 1 aromatic carbocycles. The lowest BCUT2D eigenvalue weighted by Crippen LogP contribution is -2.23. The summed E-state index contributed by atoms with van der Waals surface area (Å²) < 4.78 is 5.08. The summed E-state index contributed by atoms with van der Waals surface area (Å²) in [7, 11) is 1.61. The van der Waals surface area contributed by atoms with Crippen molar-refractivity contribution in [2.45, 2.75) is 17.1 Å². The Morgan fingerprint density at radius 3 is 2.74 bits per heavy atom. The van der Waals surface area contributed by atoms with E-state index in [-0.39, 0.29) is 17.1 Å². The zero-order chi connectivity index (χ0) is 13.7. The molecule has 0 fully saturated rings. The van der Waals surface area contributed by atoms with Gasteiger partial charge in [-0.05, 0) is 36.4 Å². The molecule has 7 nitrogen and oxygen atoms in total. The Labute approximate surface area is 114 Å². The number of benzene rings is 1. The minimum Gasteiger partial charge on any atom is -0.497 e. The van der Waals surface area contributed by atoms with E-state index in [2.05, 4.69) is 25.9 Å². The molecule has 0 unspecified atom stereocenters. The number of nitrogens with one attached hydrogen (secondary N) is 2. The second-order valence-corrected chi connectivity index (χ2v) is 5.07. The summed E-state index contributed by atoms with van der Waals surface area (Å²) in [6.07, 6.45) is 0. The van der Waals surface area contributed by atoms with Crippen molar-refractivity contribution in [2.75, 3.05) is 12.4 Å². The minimum absolute atomic E-state index is 0.173. The van der Waals surface area contributed by atoms with Crippen LogP contribution in [0, 0.1) is 0 Å². The molecule has 0 saturated heterocycles. The fourth-order valence-corrected chi connectivity index (χ4v) is 2.21. The highest BCUT2D eigenvalue weighted by atomic mass is 32.2. The van der Waals surface area contributed by atoms with Crippen molar-refractivity contribution in [1.29, 1.82) is 0 Å². The van der Waals surface area contributed by atoms with Crippen molar-refractivity contribution < 1.29 is 9.53 Å². The number of ether oxygens (including phenoxy) is 1. The van der Waals surface area contributed by atoms with Gasteiger partial charge in [0.1, 0.15) is 5.75 Å². The quantitative estimate of drug-likeness (QED) is 0.802. The molecule has 0 spiro atoms. The highest BCUT2D eigenvalue weighted by molar-refractivity contribution is 8.00. The highest BCUT2D eigenvalue weighted by Gasteiger charge is 2.16. The van der Waals surface area contributed by atoms with Crippen molar-refractivity contribution in [3.8, 4) is 5.75 Å². The van der Waals surface area contributed by atoms with Gasteiger partial charge in [0.25, 0.3) is 5.95 Å². The molecule has 0 bridgehead atoms. The third-order valence-electron chi connectivity index (χ3n) is 2.32. The highest BCUT2D eigenvalue weighted by Crippen LogP contribution is 2.25. The number of H-pyrrole nitrogens is 1. The second kappa shape index (κ2) is 6.19. The first-order valence-electron chi connectivity index (χ1n) is 5.54. The molecule has 1 amide bonds. The summed E-state index contributed by atoms with van der Waals surface area (Å²) in [5.41, 5.74) is 0. The van der Waals surface area contributed by atoms with E-state index in [0.717, 1.165) is 10.6 Å². The number of carbonyl (C=O) groups excluding carboxylic acids is 1. The molecule has 1 atom stereocenters. The first kappa shape index (κ1) is 13.3. The molecule has 0 aliphatic heterocycles. The number of carbonyl (C=O) groups is 1. The number of amides is 1. The molecule has 0 aliphatic rings. The van der Waals surface area contributed by atoms with E-state index in [1.54, 1.807) is 7.11 Å². The molecule has 0 aliphatic carbocycles. The smallest absolute Gasteiger partial charge is 0.269 e. The Kier molecular flexibility index (Phi) is 4.35. The number of aromatic nitrogens is 4. The van der Waals surface area contributed by atoms with Crippen LogP contribution in [0.1, 0.15) is 6.92 Å². The zero-order valence-electron chi connectivity index (χ0n) is 10.5. The Morgan fingerprint density at radius 1 is 1.42 bits per heavy atom. The predicted molar refractivity (Wildman–Crippen MR) is 71.1 cm³/mol. The second-order valence-electron chi connectivity index (χ2n) is 3.66. The van der Waals surface area contributed by atoms with Crippen LogP contribution in [0.25, 0.3) is 0 Å². The number of hydrogen-bond acceptors (Lipinski definition) is 6. The topological polar surface area (TPSA) is 92.8 Å². The van der Waals surface area contributed by atoms with E-state index < -0.39 is 0 Å². The van der Waals surface area contributed by atoms with Crippen molar-refractivity contribution in [3.05, 3.63) is 24.3 Å². The van der Waals surface area contributed by atoms with Gasteiger partial charge in [-0.25, -0.2) is 0 Å². The molecule has 0 saturated carbocycles. The molecule has 1 aromatic heterocycles. The molecule has 8 heteroatoms. The number of tetrazole rings is 1. The Hall–Kier alpha value is -2.09. The summed E-state index contributed by atoms with van der Waals surface area (Å²) in [6.45, 7) is 1.81. The lowest BCUT2D eigenvalue weighted by atomic mass is 10.3. The lowest BCUT2D eigenvalue weighted by molar-refractivity contribution is -0.115. The van der Waals surface area contributed by atoms with Crippen LogP contribution in [0.5, 0.6) is 5.75 Å². The summed E-state index contributed by atoms with van der Waals surface area (Å²) in [4.78, 5) is 12.8. The van der Waals surface area contributed by atoms with Gasteiger partial charge < -0.3 is 4.74 Å². The van der Waals surface area contributed by atoms with Crippen LogP contribution in [0.4, 0.5) is 5.95 Å². The van der Waals surface area contributed by atoms with Crippen molar-refractivity contribution >= 4 is 23.6 Å². The van der Waals surface area contributed by atoms with Gasteiger partial charge in [-0.1, -0.05) is 5.10 Å². The number of aromatic amines is 1. The number of thioether (sulfide) groups is 1. The Balaban J connectivity index is 1.92. The van der Waals surface area contributed by atoms with E-state index >= 15 is 0 Å². The summed E-state index contributed by atoms with van der Waals surface area (Å²) >= 11 is 1.44. The van der Waals surface area contributed by atoms with Crippen molar-refractivity contribution in [1.82, 2.24) is 20.6 Å². The van der Waals surface area contributed by atoms with Crippen molar-refractivity contribution in [2.24, 2.45) is 0 Å². The maximum absolute atomic E-state index is 11.9. The standard InChI is InChI=1S/C11H13N5O2S/c1-7(10(17)12-11-13-15-16-14-11)19-9-5-3-8(18-2)4-6-9/h3-7H,1-2H3,(H2,12,13,14,15,16,17)/t7-/m0/s1. The summed E-state index contributed by atoms with van der Waals surface area (Å²) in [6, 6.07) is 7.52. The van der Waals surface area contributed by atoms with E-state index in [1.165, 1.54) is 11.8 Å². The van der Waals surface area contributed by atoms with Gasteiger partial charge in [0.05, 0.1) is 12.4 Å². The van der Waals surface area contributed by atoms with Crippen LogP contribution in [0.2, 0.25) is 0 Å². The summed E-state index contributed by atoms with van der Waals surface area (Å²) in [5, 5.41) is 15.3.